The molecule has 0 bridgehead atoms. The summed E-state index contributed by atoms with van der Waals surface area (Å²) in [6, 6.07) is 7.21. The van der Waals surface area contributed by atoms with Gasteiger partial charge in [-0.15, -0.1) is 0 Å². The molecule has 0 aliphatic carbocycles. The second kappa shape index (κ2) is 14.1. The lowest BCUT2D eigenvalue weighted by Crippen LogP contribution is -2.52. The number of amides is 3. The minimum atomic E-state index is -1.18. The number of aryl methyl sites for hydroxylation is 1. The molecule has 1 rings (SSSR count). The summed E-state index contributed by atoms with van der Waals surface area (Å²) in [6.45, 7) is 12.7. The minimum Gasteiger partial charge on any atom is -0.466 e. The topological polar surface area (TPSA) is 114 Å². The van der Waals surface area contributed by atoms with E-state index in [9.17, 15) is 19.2 Å². The van der Waals surface area contributed by atoms with E-state index in [-0.39, 0.29) is 31.9 Å². The van der Waals surface area contributed by atoms with Gasteiger partial charge >= 0.3 is 12.1 Å². The average Bonchev–Trinajstić information content (AvgIpc) is 2.75. The highest BCUT2D eigenvalue weighted by molar-refractivity contribution is 5.93. The lowest BCUT2D eigenvalue weighted by molar-refractivity contribution is -0.143. The number of rotatable bonds is 11. The van der Waals surface area contributed by atoms with Gasteiger partial charge in [0.25, 0.3) is 5.91 Å². The maximum absolute atomic E-state index is 13.7. The summed E-state index contributed by atoms with van der Waals surface area (Å²) in [5, 5.41) is 5.29. The fourth-order valence-corrected chi connectivity index (χ4v) is 3.48. The molecule has 36 heavy (non-hydrogen) atoms. The first kappa shape index (κ1) is 30.5. The van der Waals surface area contributed by atoms with Crippen LogP contribution < -0.4 is 10.6 Å². The Morgan fingerprint density at radius 2 is 1.78 bits per heavy atom. The van der Waals surface area contributed by atoms with Crippen molar-refractivity contribution in [1.29, 1.82) is 0 Å². The Kier molecular flexibility index (Phi) is 12.0. The molecule has 2 N–H and O–H groups in total. The second-order valence-corrected chi connectivity index (χ2v) is 9.77. The molecule has 0 aromatic heterocycles. The molecule has 0 saturated carbocycles. The third-order valence-corrected chi connectivity index (χ3v) is 5.00. The molecule has 0 radical (unpaired) electrons. The first-order valence-corrected chi connectivity index (χ1v) is 12.1. The van der Waals surface area contributed by atoms with Gasteiger partial charge in [-0.2, -0.15) is 0 Å². The Morgan fingerprint density at radius 1 is 1.14 bits per heavy atom. The van der Waals surface area contributed by atoms with Crippen molar-refractivity contribution in [2.75, 3.05) is 13.2 Å². The van der Waals surface area contributed by atoms with E-state index < -0.39 is 41.6 Å². The van der Waals surface area contributed by atoms with Crippen molar-refractivity contribution in [2.24, 2.45) is 5.92 Å². The number of hydrogen-bond donors (Lipinski definition) is 2. The van der Waals surface area contributed by atoms with Crippen molar-refractivity contribution in [3.63, 3.8) is 0 Å². The minimum absolute atomic E-state index is 0.0121. The highest BCUT2D eigenvalue weighted by Crippen LogP contribution is 2.26. The second-order valence-electron chi connectivity index (χ2n) is 9.77. The van der Waals surface area contributed by atoms with Gasteiger partial charge in [0.2, 0.25) is 5.91 Å². The van der Waals surface area contributed by atoms with Crippen LogP contribution in [-0.2, 0) is 23.9 Å². The summed E-state index contributed by atoms with van der Waals surface area (Å²) < 4.78 is 10.2. The average molecular weight is 502 g/mol. The summed E-state index contributed by atoms with van der Waals surface area (Å²) in [5.41, 5.74) is 0.513. The lowest BCUT2D eigenvalue weighted by Gasteiger charge is -2.31. The van der Waals surface area contributed by atoms with E-state index >= 15 is 0 Å². The van der Waals surface area contributed by atoms with Crippen LogP contribution in [-0.4, -0.2) is 53.6 Å². The van der Waals surface area contributed by atoms with Crippen LogP contribution in [0.4, 0.5) is 4.79 Å². The van der Waals surface area contributed by atoms with Gasteiger partial charge in [0, 0.05) is 12.6 Å². The number of hydrogen-bond acceptors (Lipinski definition) is 6. The van der Waals surface area contributed by atoms with E-state index in [0.29, 0.717) is 5.56 Å². The van der Waals surface area contributed by atoms with E-state index in [4.69, 9.17) is 15.9 Å². The molecular formula is C27H39N3O6. The van der Waals surface area contributed by atoms with Gasteiger partial charge in [-0.25, -0.2) is 4.79 Å². The molecule has 0 spiro atoms. The number of nitrogens with one attached hydrogen (secondary N) is 2. The van der Waals surface area contributed by atoms with Crippen molar-refractivity contribution >= 4 is 23.9 Å². The Labute approximate surface area is 214 Å². The highest BCUT2D eigenvalue weighted by atomic mass is 16.6. The summed E-state index contributed by atoms with van der Waals surface area (Å²) in [5.74, 6) is -1.59. The Morgan fingerprint density at radius 3 is 2.31 bits per heavy atom. The van der Waals surface area contributed by atoms with Crippen LogP contribution in [0.25, 0.3) is 0 Å². The van der Waals surface area contributed by atoms with Crippen molar-refractivity contribution < 1.29 is 28.7 Å². The number of carbonyl (C=O) groups is 4. The molecule has 0 aliphatic rings. The molecule has 0 aliphatic heterocycles. The zero-order chi connectivity index (χ0) is 27.5. The fourth-order valence-electron chi connectivity index (χ4n) is 3.48. The number of terminal acetylenes is 1. The Bertz CT molecular complexity index is 961. The van der Waals surface area contributed by atoms with Crippen LogP contribution in [0.1, 0.15) is 71.6 Å². The zero-order valence-electron chi connectivity index (χ0n) is 22.3. The SMILES string of the molecule is C#CN(C(=O)C(CC(C)C)NC(=O)OC(C)(C)C)C(C(=O)NCCC(=O)OCC)c1ccccc1C. The number of benzene rings is 1. The number of carbonyl (C=O) groups excluding carboxylic acids is 4. The predicted octanol–water partition coefficient (Wildman–Crippen LogP) is 3.46. The predicted molar refractivity (Wildman–Crippen MR) is 136 cm³/mol. The van der Waals surface area contributed by atoms with Gasteiger partial charge in [0.1, 0.15) is 17.7 Å². The maximum Gasteiger partial charge on any atom is 0.408 e. The van der Waals surface area contributed by atoms with Gasteiger partial charge < -0.3 is 20.1 Å². The molecule has 0 fully saturated rings. The molecule has 9 heteroatoms. The van der Waals surface area contributed by atoms with Gasteiger partial charge in [0.05, 0.1) is 13.0 Å². The third-order valence-electron chi connectivity index (χ3n) is 5.00. The Hall–Kier alpha value is -3.54. The first-order valence-electron chi connectivity index (χ1n) is 12.1. The van der Waals surface area contributed by atoms with Crippen LogP contribution in [0.3, 0.4) is 0 Å². The quantitative estimate of drug-likeness (QED) is 0.273. The number of alkyl carbamates (subject to hydrolysis) is 1. The highest BCUT2D eigenvalue weighted by Gasteiger charge is 2.36. The summed E-state index contributed by atoms with van der Waals surface area (Å²) >= 11 is 0. The van der Waals surface area contributed by atoms with Gasteiger partial charge in [0.15, 0.2) is 0 Å². The smallest absolute Gasteiger partial charge is 0.408 e. The fraction of sp³-hybridized carbons (Fsp3) is 0.556. The zero-order valence-corrected chi connectivity index (χ0v) is 22.3. The van der Waals surface area contributed by atoms with E-state index in [1.807, 2.05) is 19.9 Å². The molecular weight excluding hydrogens is 462 g/mol. The number of esters is 1. The molecule has 1 aromatic carbocycles. The molecule has 1 aromatic rings. The van der Waals surface area contributed by atoms with Crippen LogP contribution in [0.15, 0.2) is 24.3 Å². The lowest BCUT2D eigenvalue weighted by atomic mass is 9.97. The summed E-state index contributed by atoms with van der Waals surface area (Å²) in [7, 11) is 0. The standard InChI is InChI=1S/C27H39N3O6/c1-9-30(25(33)21(17-18(3)4)29-26(34)36-27(6,7)8)23(20-14-12-11-13-19(20)5)24(32)28-16-15-22(31)35-10-2/h1,11-14,18,21,23H,10,15-17H2,2-8H3,(H,28,32)(H,29,34). The van der Waals surface area contributed by atoms with Crippen molar-refractivity contribution in [2.45, 2.75) is 79.0 Å². The Balaban J connectivity index is 3.30. The van der Waals surface area contributed by atoms with Gasteiger partial charge in [-0.3, -0.25) is 19.3 Å². The van der Waals surface area contributed by atoms with Crippen molar-refractivity contribution in [3.8, 4) is 12.5 Å². The number of nitrogens with zero attached hydrogens (tertiary/aromatic N) is 1. The normalized spacial score (nSPS) is 12.6. The van der Waals surface area contributed by atoms with Gasteiger partial charge in [-0.05, 0) is 58.1 Å². The molecule has 9 nitrogen and oxygen atoms in total. The molecule has 3 amide bonds. The maximum atomic E-state index is 13.7. The van der Waals surface area contributed by atoms with Crippen molar-refractivity contribution in [1.82, 2.24) is 15.5 Å². The van der Waals surface area contributed by atoms with Crippen LogP contribution in [0.5, 0.6) is 0 Å². The summed E-state index contributed by atoms with van der Waals surface area (Å²) in [6.07, 6.45) is 5.27. The number of ether oxygens (including phenoxy) is 2. The molecule has 0 heterocycles. The largest absolute Gasteiger partial charge is 0.466 e. The molecule has 0 saturated heterocycles. The van der Waals surface area contributed by atoms with Crippen LogP contribution >= 0.6 is 0 Å². The molecule has 198 valence electrons. The molecule has 2 unspecified atom stereocenters. The van der Waals surface area contributed by atoms with E-state index in [1.54, 1.807) is 52.8 Å². The molecule has 2 atom stereocenters. The summed E-state index contributed by atoms with van der Waals surface area (Å²) in [4.78, 5) is 52.2. The third kappa shape index (κ3) is 9.98. The monoisotopic (exact) mass is 501 g/mol. The first-order chi connectivity index (χ1) is 16.8. The van der Waals surface area contributed by atoms with E-state index in [2.05, 4.69) is 16.7 Å². The van der Waals surface area contributed by atoms with Gasteiger partial charge in [-0.1, -0.05) is 44.5 Å². The van der Waals surface area contributed by atoms with Crippen LogP contribution in [0, 0.1) is 25.3 Å². The van der Waals surface area contributed by atoms with Crippen LogP contribution in [0.2, 0.25) is 0 Å². The van der Waals surface area contributed by atoms with E-state index in [1.165, 1.54) is 0 Å². The van der Waals surface area contributed by atoms with E-state index in [0.717, 1.165) is 10.5 Å². The van der Waals surface area contributed by atoms with Crippen molar-refractivity contribution in [3.05, 3.63) is 35.4 Å².